The van der Waals surface area contributed by atoms with Gasteiger partial charge in [-0.25, -0.2) is 4.79 Å². The van der Waals surface area contributed by atoms with E-state index in [0.29, 0.717) is 18.7 Å². The quantitative estimate of drug-likeness (QED) is 0.577. The molecule has 0 atom stereocenters. The number of rotatable bonds is 5. The highest BCUT2D eigenvalue weighted by Gasteiger charge is 2.09. The zero-order chi connectivity index (χ0) is 12.7. The molecule has 4 nitrogen and oxygen atoms in total. The molecule has 0 aliphatic heterocycles. The van der Waals surface area contributed by atoms with Crippen molar-refractivity contribution in [2.75, 3.05) is 24.6 Å². The average Bonchev–Trinajstić information content (AvgIpc) is 2.36. The van der Waals surface area contributed by atoms with Crippen LogP contribution in [0.4, 0.5) is 5.69 Å². The molecular weight excluding hydrogens is 216 g/mol. The van der Waals surface area contributed by atoms with Crippen molar-refractivity contribution in [3.8, 4) is 6.07 Å². The van der Waals surface area contributed by atoms with Crippen LogP contribution in [0.1, 0.15) is 24.2 Å². The third-order valence-corrected chi connectivity index (χ3v) is 2.37. The largest absolute Gasteiger partial charge is 0.462 e. The lowest BCUT2D eigenvalue weighted by atomic mass is 10.2. The number of anilines is 1. The minimum atomic E-state index is -0.331. The molecule has 0 N–H and O–H groups in total. The molecule has 4 heteroatoms. The van der Waals surface area contributed by atoms with Crippen molar-refractivity contribution in [2.45, 2.75) is 13.8 Å². The van der Waals surface area contributed by atoms with Crippen LogP contribution >= 0.6 is 0 Å². The Morgan fingerprint density at radius 3 is 2.82 bits per heavy atom. The molecule has 0 unspecified atom stereocenters. The lowest BCUT2D eigenvalue weighted by Gasteiger charge is -2.19. The van der Waals surface area contributed by atoms with E-state index in [1.807, 2.05) is 17.9 Å². The normalized spacial score (nSPS) is 9.47. The van der Waals surface area contributed by atoms with Gasteiger partial charge in [-0.2, -0.15) is 5.26 Å². The Kier molecular flexibility index (Phi) is 5.02. The minimum Gasteiger partial charge on any atom is -0.462 e. The average molecular weight is 232 g/mol. The number of carbonyl (C=O) groups is 1. The number of hydrogen-bond donors (Lipinski definition) is 0. The number of esters is 1. The van der Waals surface area contributed by atoms with Crippen LogP contribution in [0.25, 0.3) is 0 Å². The van der Waals surface area contributed by atoms with E-state index >= 15 is 0 Å². The van der Waals surface area contributed by atoms with Gasteiger partial charge < -0.3 is 9.64 Å². The zero-order valence-corrected chi connectivity index (χ0v) is 10.1. The van der Waals surface area contributed by atoms with Gasteiger partial charge in [-0.05, 0) is 32.0 Å². The van der Waals surface area contributed by atoms with Crippen molar-refractivity contribution in [1.29, 1.82) is 5.26 Å². The van der Waals surface area contributed by atoms with Crippen LogP contribution in [-0.2, 0) is 4.74 Å². The van der Waals surface area contributed by atoms with E-state index in [0.717, 1.165) is 12.2 Å². The maximum atomic E-state index is 11.6. The molecule has 0 fully saturated rings. The summed E-state index contributed by atoms with van der Waals surface area (Å²) in [6, 6.07) is 9.23. The zero-order valence-electron chi connectivity index (χ0n) is 10.1. The van der Waals surface area contributed by atoms with Crippen molar-refractivity contribution >= 4 is 11.7 Å². The predicted molar refractivity (Wildman–Crippen MR) is 65.9 cm³/mol. The summed E-state index contributed by atoms with van der Waals surface area (Å²) in [6.07, 6.45) is 0. The fourth-order valence-electron chi connectivity index (χ4n) is 1.52. The maximum Gasteiger partial charge on any atom is 0.338 e. The fourth-order valence-corrected chi connectivity index (χ4v) is 1.52. The summed E-state index contributed by atoms with van der Waals surface area (Å²) < 4.78 is 4.93. The van der Waals surface area contributed by atoms with Gasteiger partial charge >= 0.3 is 5.97 Å². The fraction of sp³-hybridized carbons (Fsp3) is 0.385. The number of carbonyl (C=O) groups excluding carboxylic acids is 1. The third kappa shape index (κ3) is 3.49. The Morgan fingerprint density at radius 1 is 1.47 bits per heavy atom. The van der Waals surface area contributed by atoms with Crippen molar-refractivity contribution in [2.24, 2.45) is 0 Å². The highest BCUT2D eigenvalue weighted by Crippen LogP contribution is 2.16. The first-order valence-electron chi connectivity index (χ1n) is 5.62. The molecule has 1 aromatic carbocycles. The van der Waals surface area contributed by atoms with E-state index in [1.165, 1.54) is 0 Å². The molecule has 1 rings (SSSR count). The minimum absolute atomic E-state index is 0.308. The van der Waals surface area contributed by atoms with Crippen LogP contribution < -0.4 is 4.90 Å². The molecule has 0 heterocycles. The van der Waals surface area contributed by atoms with E-state index < -0.39 is 0 Å². The summed E-state index contributed by atoms with van der Waals surface area (Å²) in [7, 11) is 0. The Hall–Kier alpha value is -2.02. The summed E-state index contributed by atoms with van der Waals surface area (Å²) in [5, 5.41) is 8.71. The highest BCUT2D eigenvalue weighted by molar-refractivity contribution is 5.90. The molecule has 0 radical (unpaired) electrons. The third-order valence-electron chi connectivity index (χ3n) is 2.37. The van der Waals surface area contributed by atoms with Gasteiger partial charge in [0, 0.05) is 12.2 Å². The highest BCUT2D eigenvalue weighted by atomic mass is 16.5. The molecule has 0 aliphatic rings. The molecule has 0 spiro atoms. The van der Waals surface area contributed by atoms with Gasteiger partial charge in [0.1, 0.15) is 6.54 Å². The van der Waals surface area contributed by atoms with Gasteiger partial charge in [-0.15, -0.1) is 0 Å². The Morgan fingerprint density at radius 2 is 2.24 bits per heavy atom. The monoisotopic (exact) mass is 232 g/mol. The van der Waals surface area contributed by atoms with Crippen LogP contribution in [0.3, 0.4) is 0 Å². The summed E-state index contributed by atoms with van der Waals surface area (Å²) in [6.45, 7) is 5.13. The smallest absolute Gasteiger partial charge is 0.338 e. The maximum absolute atomic E-state index is 11.6. The van der Waals surface area contributed by atoms with Gasteiger partial charge in [0.05, 0.1) is 18.2 Å². The van der Waals surface area contributed by atoms with Gasteiger partial charge in [0.25, 0.3) is 0 Å². The van der Waals surface area contributed by atoms with E-state index in [-0.39, 0.29) is 5.97 Å². The van der Waals surface area contributed by atoms with Crippen LogP contribution in [0.5, 0.6) is 0 Å². The molecule has 1 aromatic rings. The van der Waals surface area contributed by atoms with Crippen LogP contribution in [0.2, 0.25) is 0 Å². The number of benzene rings is 1. The van der Waals surface area contributed by atoms with Crippen LogP contribution in [0, 0.1) is 11.3 Å². The molecular formula is C13H16N2O2. The molecule has 0 aliphatic carbocycles. The summed E-state index contributed by atoms with van der Waals surface area (Å²) >= 11 is 0. The van der Waals surface area contributed by atoms with Crippen molar-refractivity contribution in [1.82, 2.24) is 0 Å². The Labute approximate surface area is 101 Å². The van der Waals surface area contributed by atoms with Gasteiger partial charge in [-0.3, -0.25) is 0 Å². The second-order valence-corrected chi connectivity index (χ2v) is 3.44. The molecule has 90 valence electrons. The SMILES string of the molecule is CCOC(=O)c1cccc(N(CC)CC#N)c1. The second-order valence-electron chi connectivity index (χ2n) is 3.44. The summed E-state index contributed by atoms with van der Waals surface area (Å²) in [5.74, 6) is -0.331. The molecule has 17 heavy (non-hydrogen) atoms. The number of nitrogens with zero attached hydrogens (tertiary/aromatic N) is 2. The van der Waals surface area contributed by atoms with Crippen LogP contribution in [0.15, 0.2) is 24.3 Å². The molecule has 0 saturated carbocycles. The van der Waals surface area contributed by atoms with Gasteiger partial charge in [0.2, 0.25) is 0 Å². The standard InChI is InChI=1S/C13H16N2O2/c1-3-15(9-8-14)12-7-5-6-11(10-12)13(16)17-4-2/h5-7,10H,3-4,9H2,1-2H3. The first kappa shape index (κ1) is 13.0. The van der Waals surface area contributed by atoms with E-state index in [1.54, 1.807) is 25.1 Å². The number of nitriles is 1. The van der Waals surface area contributed by atoms with Crippen molar-refractivity contribution in [3.63, 3.8) is 0 Å². The molecule has 0 saturated heterocycles. The van der Waals surface area contributed by atoms with E-state index in [4.69, 9.17) is 10.00 Å². The van der Waals surface area contributed by atoms with Gasteiger partial charge in [-0.1, -0.05) is 6.07 Å². The second kappa shape index (κ2) is 6.54. The molecule has 0 aromatic heterocycles. The number of hydrogen-bond acceptors (Lipinski definition) is 4. The Bertz CT molecular complexity index is 424. The predicted octanol–water partition coefficient (Wildman–Crippen LogP) is 2.21. The van der Waals surface area contributed by atoms with E-state index in [9.17, 15) is 4.79 Å². The van der Waals surface area contributed by atoms with Crippen LogP contribution in [-0.4, -0.2) is 25.7 Å². The first-order valence-corrected chi connectivity index (χ1v) is 5.62. The van der Waals surface area contributed by atoms with E-state index in [2.05, 4.69) is 6.07 Å². The summed E-state index contributed by atoms with van der Waals surface area (Å²) in [4.78, 5) is 13.5. The molecule has 0 amide bonds. The summed E-state index contributed by atoms with van der Waals surface area (Å²) in [5.41, 5.74) is 1.38. The lowest BCUT2D eigenvalue weighted by Crippen LogP contribution is -2.23. The lowest BCUT2D eigenvalue weighted by molar-refractivity contribution is 0.0526. The number of ether oxygens (including phenoxy) is 1. The van der Waals surface area contributed by atoms with Crippen molar-refractivity contribution in [3.05, 3.63) is 29.8 Å². The van der Waals surface area contributed by atoms with Gasteiger partial charge in [0.15, 0.2) is 0 Å². The molecule has 0 bridgehead atoms. The topological polar surface area (TPSA) is 53.3 Å². The van der Waals surface area contributed by atoms with Crippen molar-refractivity contribution < 1.29 is 9.53 Å². The first-order chi connectivity index (χ1) is 8.22. The Balaban J connectivity index is 2.92.